The molecule has 34 heavy (non-hydrogen) atoms. The number of hydrogen-bond donors (Lipinski definition) is 2. The predicted octanol–water partition coefficient (Wildman–Crippen LogP) is 3.89. The Morgan fingerprint density at radius 2 is 1.68 bits per heavy atom. The Balaban J connectivity index is 1.27. The number of carbonyl (C=O) groups is 1. The predicted molar refractivity (Wildman–Crippen MR) is 131 cm³/mol. The van der Waals surface area contributed by atoms with Gasteiger partial charge in [-0.2, -0.15) is 0 Å². The molecule has 176 valence electrons. The van der Waals surface area contributed by atoms with Gasteiger partial charge < -0.3 is 19.7 Å². The highest BCUT2D eigenvalue weighted by atomic mass is 32.2. The second-order valence-corrected chi connectivity index (χ2v) is 9.80. The SMILES string of the molecule is CCN1CCc2ccc(NC(=O)c3ccc(NS(=O)(=O)c4ccc5c(c4)OCCO5)cc3)cc21. The summed E-state index contributed by atoms with van der Waals surface area (Å²) in [6.07, 6.45) is 1.01. The molecular weight excluding hydrogens is 454 g/mol. The first-order valence-corrected chi connectivity index (χ1v) is 12.6. The van der Waals surface area contributed by atoms with E-state index in [0.29, 0.717) is 36.0 Å². The van der Waals surface area contributed by atoms with E-state index >= 15 is 0 Å². The molecule has 0 unspecified atom stereocenters. The van der Waals surface area contributed by atoms with Crippen molar-refractivity contribution in [3.8, 4) is 11.5 Å². The molecule has 0 spiro atoms. The molecule has 3 aromatic carbocycles. The number of benzene rings is 3. The maximum absolute atomic E-state index is 12.8. The Labute approximate surface area is 198 Å². The number of anilines is 3. The van der Waals surface area contributed by atoms with Gasteiger partial charge in [-0.1, -0.05) is 6.07 Å². The van der Waals surface area contributed by atoms with Gasteiger partial charge in [0, 0.05) is 41.8 Å². The van der Waals surface area contributed by atoms with E-state index in [-0.39, 0.29) is 10.8 Å². The maximum Gasteiger partial charge on any atom is 0.262 e. The lowest BCUT2D eigenvalue weighted by Gasteiger charge is -2.19. The summed E-state index contributed by atoms with van der Waals surface area (Å²) in [5.74, 6) is 0.656. The molecule has 2 aliphatic rings. The Hall–Kier alpha value is -3.72. The molecule has 1 amide bonds. The van der Waals surface area contributed by atoms with Crippen molar-refractivity contribution < 1.29 is 22.7 Å². The van der Waals surface area contributed by atoms with Crippen LogP contribution in [0.1, 0.15) is 22.8 Å². The summed E-state index contributed by atoms with van der Waals surface area (Å²) in [4.78, 5) is 15.1. The van der Waals surface area contributed by atoms with Crippen molar-refractivity contribution in [2.24, 2.45) is 0 Å². The smallest absolute Gasteiger partial charge is 0.262 e. The maximum atomic E-state index is 12.8. The number of amides is 1. The lowest BCUT2D eigenvalue weighted by Crippen LogP contribution is -2.19. The van der Waals surface area contributed by atoms with E-state index in [1.54, 1.807) is 30.3 Å². The minimum atomic E-state index is -3.83. The van der Waals surface area contributed by atoms with Gasteiger partial charge in [0.1, 0.15) is 13.2 Å². The van der Waals surface area contributed by atoms with E-state index in [0.717, 1.165) is 30.9 Å². The molecule has 0 bridgehead atoms. The van der Waals surface area contributed by atoms with E-state index < -0.39 is 10.0 Å². The number of carbonyl (C=O) groups excluding carboxylic acids is 1. The van der Waals surface area contributed by atoms with Crippen molar-refractivity contribution in [1.29, 1.82) is 0 Å². The molecule has 0 saturated heterocycles. The van der Waals surface area contributed by atoms with E-state index in [9.17, 15) is 13.2 Å². The molecule has 0 saturated carbocycles. The average molecular weight is 480 g/mol. The topological polar surface area (TPSA) is 97.0 Å². The zero-order valence-corrected chi connectivity index (χ0v) is 19.5. The van der Waals surface area contributed by atoms with Crippen LogP contribution in [-0.4, -0.2) is 40.6 Å². The number of rotatable bonds is 6. The van der Waals surface area contributed by atoms with Gasteiger partial charge in [-0.3, -0.25) is 9.52 Å². The summed E-state index contributed by atoms with van der Waals surface area (Å²) in [7, 11) is -3.83. The first kappa shape index (κ1) is 22.1. The number of likely N-dealkylation sites (N-methyl/N-ethyl adjacent to an activating group) is 1. The van der Waals surface area contributed by atoms with Gasteiger partial charge in [0.05, 0.1) is 4.90 Å². The minimum absolute atomic E-state index is 0.0660. The monoisotopic (exact) mass is 479 g/mol. The molecule has 2 N–H and O–H groups in total. The van der Waals surface area contributed by atoms with Crippen LogP contribution in [0.2, 0.25) is 0 Å². The fraction of sp³-hybridized carbons (Fsp3) is 0.240. The molecule has 0 aliphatic carbocycles. The van der Waals surface area contributed by atoms with Crippen molar-refractivity contribution in [3.63, 3.8) is 0 Å². The van der Waals surface area contributed by atoms with Crippen LogP contribution in [0.5, 0.6) is 11.5 Å². The van der Waals surface area contributed by atoms with Crippen LogP contribution in [0.4, 0.5) is 17.1 Å². The third kappa shape index (κ3) is 4.38. The largest absolute Gasteiger partial charge is 0.486 e. The van der Waals surface area contributed by atoms with Gasteiger partial charge in [0.2, 0.25) is 0 Å². The number of hydrogen-bond acceptors (Lipinski definition) is 6. The zero-order chi connectivity index (χ0) is 23.7. The van der Waals surface area contributed by atoms with E-state index in [1.807, 2.05) is 12.1 Å². The highest BCUT2D eigenvalue weighted by molar-refractivity contribution is 7.92. The van der Waals surface area contributed by atoms with Crippen LogP contribution < -0.4 is 24.4 Å². The molecule has 0 aromatic heterocycles. The minimum Gasteiger partial charge on any atom is -0.486 e. The van der Waals surface area contributed by atoms with Crippen molar-refractivity contribution in [1.82, 2.24) is 0 Å². The van der Waals surface area contributed by atoms with Gasteiger partial charge in [0.15, 0.2) is 11.5 Å². The number of nitrogens with one attached hydrogen (secondary N) is 2. The summed E-state index contributed by atoms with van der Waals surface area (Å²) in [6, 6.07) is 16.7. The fourth-order valence-corrected chi connectivity index (χ4v) is 5.22. The van der Waals surface area contributed by atoms with Crippen LogP contribution in [-0.2, 0) is 16.4 Å². The van der Waals surface area contributed by atoms with Crippen LogP contribution in [0.15, 0.2) is 65.6 Å². The molecule has 0 fully saturated rings. The molecule has 8 nitrogen and oxygen atoms in total. The van der Waals surface area contributed by atoms with Gasteiger partial charge >= 0.3 is 0 Å². The van der Waals surface area contributed by atoms with E-state index in [1.165, 1.54) is 17.7 Å². The van der Waals surface area contributed by atoms with Gasteiger partial charge in [-0.25, -0.2) is 8.42 Å². The second-order valence-electron chi connectivity index (χ2n) is 8.12. The summed E-state index contributed by atoms with van der Waals surface area (Å²) >= 11 is 0. The fourth-order valence-electron chi connectivity index (χ4n) is 4.15. The Bertz CT molecular complexity index is 1340. The lowest BCUT2D eigenvalue weighted by atomic mass is 10.1. The van der Waals surface area contributed by atoms with Gasteiger partial charge in [0.25, 0.3) is 15.9 Å². The number of fused-ring (bicyclic) bond motifs is 2. The Kier molecular flexibility index (Phi) is 5.79. The first-order chi connectivity index (χ1) is 16.4. The Morgan fingerprint density at radius 3 is 2.44 bits per heavy atom. The molecule has 3 aromatic rings. The van der Waals surface area contributed by atoms with E-state index in [4.69, 9.17) is 9.47 Å². The highest BCUT2D eigenvalue weighted by Crippen LogP contribution is 2.33. The third-order valence-electron chi connectivity index (χ3n) is 5.94. The first-order valence-electron chi connectivity index (χ1n) is 11.1. The average Bonchev–Trinajstić information content (AvgIpc) is 3.26. The molecule has 0 atom stereocenters. The van der Waals surface area contributed by atoms with Gasteiger partial charge in [-0.05, 0) is 67.4 Å². The van der Waals surface area contributed by atoms with Gasteiger partial charge in [-0.15, -0.1) is 0 Å². The second kappa shape index (κ2) is 8.90. The van der Waals surface area contributed by atoms with Crippen LogP contribution in [0.25, 0.3) is 0 Å². The molecular formula is C25H25N3O5S. The van der Waals surface area contributed by atoms with E-state index in [2.05, 4.69) is 27.9 Å². The summed E-state index contributed by atoms with van der Waals surface area (Å²) in [5, 5.41) is 2.93. The van der Waals surface area contributed by atoms with Crippen LogP contribution in [0, 0.1) is 0 Å². The molecule has 2 aliphatic heterocycles. The number of sulfonamides is 1. The third-order valence-corrected chi connectivity index (χ3v) is 7.32. The lowest BCUT2D eigenvalue weighted by molar-refractivity contribution is 0.102. The number of ether oxygens (including phenoxy) is 2. The van der Waals surface area contributed by atoms with Crippen molar-refractivity contribution in [2.75, 3.05) is 41.2 Å². The normalized spacial score (nSPS) is 14.4. The van der Waals surface area contributed by atoms with Crippen molar-refractivity contribution in [3.05, 3.63) is 71.8 Å². The summed E-state index contributed by atoms with van der Waals surface area (Å²) in [5.41, 5.74) is 3.95. The molecule has 9 heteroatoms. The molecule has 0 radical (unpaired) electrons. The van der Waals surface area contributed by atoms with Crippen LogP contribution in [0.3, 0.4) is 0 Å². The van der Waals surface area contributed by atoms with Crippen molar-refractivity contribution in [2.45, 2.75) is 18.2 Å². The zero-order valence-electron chi connectivity index (χ0n) is 18.7. The highest BCUT2D eigenvalue weighted by Gasteiger charge is 2.20. The summed E-state index contributed by atoms with van der Waals surface area (Å²) < 4.78 is 39.0. The standard InChI is InChI=1S/C25H25N3O5S/c1-2-28-12-11-17-3-8-20(15-22(17)28)26-25(29)18-4-6-19(7-5-18)27-34(30,31)21-9-10-23-24(16-21)33-14-13-32-23/h3-10,15-16,27H,2,11-14H2,1H3,(H,26,29). The molecule has 5 rings (SSSR count). The summed E-state index contributed by atoms with van der Waals surface area (Å²) in [6.45, 7) is 4.83. The Morgan fingerprint density at radius 1 is 0.941 bits per heavy atom. The quantitative estimate of drug-likeness (QED) is 0.557. The number of nitrogens with zero attached hydrogens (tertiary/aromatic N) is 1. The van der Waals surface area contributed by atoms with Crippen LogP contribution >= 0.6 is 0 Å². The van der Waals surface area contributed by atoms with Crippen molar-refractivity contribution >= 4 is 33.0 Å². The molecule has 2 heterocycles.